The maximum absolute atomic E-state index is 11.5. The Morgan fingerprint density at radius 1 is 1.39 bits per heavy atom. The topological polar surface area (TPSA) is 74.8 Å². The summed E-state index contributed by atoms with van der Waals surface area (Å²) in [5.74, 6) is 2.13. The minimum Gasteiger partial charge on any atom is -0.356 e. The van der Waals surface area contributed by atoms with Crippen LogP contribution < -0.4 is 10.5 Å². The Kier molecular flexibility index (Phi) is 4.69. The highest BCUT2D eigenvalue weighted by Crippen LogP contribution is 2.29. The van der Waals surface area contributed by atoms with Crippen LogP contribution in [0.15, 0.2) is 23.4 Å². The Morgan fingerprint density at radius 2 is 2.26 bits per heavy atom. The number of nitrogens with zero attached hydrogens (tertiary/aromatic N) is 4. The highest BCUT2D eigenvalue weighted by molar-refractivity contribution is 5.47. The smallest absolute Gasteiger partial charge is 0.250 e. The van der Waals surface area contributed by atoms with Crippen molar-refractivity contribution in [3.05, 3.63) is 46.0 Å². The third-order valence-corrected chi connectivity index (χ3v) is 4.32. The molecule has 122 valence electrons. The van der Waals surface area contributed by atoms with Gasteiger partial charge in [-0.2, -0.15) is 0 Å². The van der Waals surface area contributed by atoms with Crippen LogP contribution in [0.25, 0.3) is 0 Å². The fourth-order valence-electron chi connectivity index (χ4n) is 3.22. The Hall–Kier alpha value is -2.24. The van der Waals surface area contributed by atoms with E-state index in [1.807, 2.05) is 13.1 Å². The average molecular weight is 313 g/mol. The van der Waals surface area contributed by atoms with E-state index >= 15 is 0 Å². The van der Waals surface area contributed by atoms with Crippen LogP contribution in [0.5, 0.6) is 0 Å². The third kappa shape index (κ3) is 3.57. The number of hydrogen-bond acceptors (Lipinski definition) is 5. The zero-order valence-corrected chi connectivity index (χ0v) is 13.7. The number of H-pyrrole nitrogens is 1. The minimum absolute atomic E-state index is 0.0864. The van der Waals surface area contributed by atoms with Gasteiger partial charge >= 0.3 is 0 Å². The first-order valence-electron chi connectivity index (χ1n) is 8.29. The van der Waals surface area contributed by atoms with Crippen LogP contribution in [0.4, 0.5) is 5.82 Å². The fraction of sp³-hybridized carbons (Fsp3) is 0.529. The molecule has 0 aromatic carbocycles. The largest absolute Gasteiger partial charge is 0.356 e. The molecule has 6 heteroatoms. The quantitative estimate of drug-likeness (QED) is 0.936. The summed E-state index contributed by atoms with van der Waals surface area (Å²) in [5.41, 5.74) is 2.00. The van der Waals surface area contributed by atoms with Gasteiger partial charge in [0.15, 0.2) is 0 Å². The molecule has 1 N–H and O–H groups in total. The van der Waals surface area contributed by atoms with E-state index in [0.29, 0.717) is 0 Å². The molecule has 1 aliphatic rings. The molecule has 0 saturated carbocycles. The van der Waals surface area contributed by atoms with Crippen LogP contribution in [-0.4, -0.2) is 33.0 Å². The first-order chi connectivity index (χ1) is 11.2. The van der Waals surface area contributed by atoms with Gasteiger partial charge in [0.05, 0.1) is 12.0 Å². The Balaban J connectivity index is 1.86. The average Bonchev–Trinajstić information content (AvgIpc) is 2.57. The van der Waals surface area contributed by atoms with E-state index in [4.69, 9.17) is 0 Å². The fourth-order valence-corrected chi connectivity index (χ4v) is 3.22. The lowest BCUT2D eigenvalue weighted by Gasteiger charge is -2.34. The summed E-state index contributed by atoms with van der Waals surface area (Å²) in [5, 5.41) is 0. The summed E-state index contributed by atoms with van der Waals surface area (Å²) in [6.45, 7) is 5.94. The molecule has 0 spiro atoms. The Morgan fingerprint density at radius 3 is 3.04 bits per heavy atom. The van der Waals surface area contributed by atoms with Crippen LogP contribution in [0.2, 0.25) is 0 Å². The number of aromatic amines is 1. The second-order valence-electron chi connectivity index (χ2n) is 6.14. The molecular weight excluding hydrogens is 290 g/mol. The molecule has 0 aliphatic carbocycles. The summed E-state index contributed by atoms with van der Waals surface area (Å²) in [7, 11) is 0. The van der Waals surface area contributed by atoms with Crippen LogP contribution in [0.1, 0.15) is 49.2 Å². The van der Waals surface area contributed by atoms with Gasteiger partial charge in [-0.3, -0.25) is 4.79 Å². The van der Waals surface area contributed by atoms with E-state index in [1.165, 1.54) is 11.9 Å². The maximum atomic E-state index is 11.5. The van der Waals surface area contributed by atoms with Crippen molar-refractivity contribution in [2.45, 2.75) is 45.4 Å². The molecule has 6 nitrogen and oxygen atoms in total. The van der Waals surface area contributed by atoms with E-state index in [-0.39, 0.29) is 11.5 Å². The number of anilines is 1. The molecule has 0 amide bonds. The van der Waals surface area contributed by atoms with Crippen LogP contribution in [0, 0.1) is 6.92 Å². The first kappa shape index (κ1) is 15.6. The van der Waals surface area contributed by atoms with Crippen molar-refractivity contribution in [2.75, 3.05) is 18.0 Å². The van der Waals surface area contributed by atoms with Gasteiger partial charge in [0.2, 0.25) is 0 Å². The molecule has 2 aromatic heterocycles. The molecule has 23 heavy (non-hydrogen) atoms. The Labute approximate surface area is 136 Å². The molecule has 3 rings (SSSR count). The van der Waals surface area contributed by atoms with Crippen molar-refractivity contribution >= 4 is 5.82 Å². The number of hydrogen-bond donors (Lipinski definition) is 1. The zero-order valence-electron chi connectivity index (χ0n) is 13.7. The number of nitrogens with one attached hydrogen (secondary N) is 1. The lowest BCUT2D eigenvalue weighted by atomic mass is 9.94. The standard InChI is InChI=1S/C17H23N5O/c1-3-5-13-9-18-12(2)21-17(13)22-7-4-6-14(10-22)15-8-16(23)20-11-19-15/h8-9,11,14H,3-7,10H2,1-2H3,(H,19,20,23)/t14-/m1/s1. The second kappa shape index (κ2) is 6.89. The van der Waals surface area contributed by atoms with Gasteiger partial charge in [0.25, 0.3) is 5.56 Å². The molecule has 0 unspecified atom stereocenters. The molecule has 1 saturated heterocycles. The van der Waals surface area contributed by atoms with E-state index in [1.54, 1.807) is 6.07 Å². The van der Waals surface area contributed by atoms with Gasteiger partial charge in [-0.05, 0) is 26.2 Å². The highest BCUT2D eigenvalue weighted by atomic mass is 16.1. The van der Waals surface area contributed by atoms with Crippen molar-refractivity contribution in [2.24, 2.45) is 0 Å². The van der Waals surface area contributed by atoms with Crippen molar-refractivity contribution in [1.82, 2.24) is 19.9 Å². The lowest BCUT2D eigenvalue weighted by molar-refractivity contribution is 0.495. The molecule has 0 radical (unpaired) electrons. The first-order valence-corrected chi connectivity index (χ1v) is 8.29. The summed E-state index contributed by atoms with van der Waals surface area (Å²) >= 11 is 0. The van der Waals surface area contributed by atoms with Crippen molar-refractivity contribution in [3.63, 3.8) is 0 Å². The number of aromatic nitrogens is 4. The van der Waals surface area contributed by atoms with Gasteiger partial charge in [-0.25, -0.2) is 15.0 Å². The molecule has 1 fully saturated rings. The highest BCUT2D eigenvalue weighted by Gasteiger charge is 2.25. The monoisotopic (exact) mass is 313 g/mol. The van der Waals surface area contributed by atoms with Gasteiger partial charge in [0, 0.05) is 36.8 Å². The summed E-state index contributed by atoms with van der Waals surface area (Å²) < 4.78 is 0. The predicted molar refractivity (Wildman–Crippen MR) is 89.8 cm³/mol. The molecule has 2 aromatic rings. The summed E-state index contributed by atoms with van der Waals surface area (Å²) in [4.78, 5) is 29.8. The second-order valence-corrected chi connectivity index (χ2v) is 6.14. The van der Waals surface area contributed by atoms with Gasteiger partial charge in [-0.15, -0.1) is 0 Å². The summed E-state index contributed by atoms with van der Waals surface area (Å²) in [6, 6.07) is 1.62. The SMILES string of the molecule is CCCc1cnc(C)nc1N1CCC[C@@H](c2cc(=O)[nH]cn2)C1. The van der Waals surface area contributed by atoms with Gasteiger partial charge < -0.3 is 9.88 Å². The third-order valence-electron chi connectivity index (χ3n) is 4.32. The Bertz CT molecular complexity index is 727. The number of aryl methyl sites for hydroxylation is 2. The predicted octanol–water partition coefficient (Wildman–Crippen LogP) is 2.20. The molecule has 1 aliphatic heterocycles. The lowest BCUT2D eigenvalue weighted by Crippen LogP contribution is -2.36. The van der Waals surface area contributed by atoms with Crippen LogP contribution in [0.3, 0.4) is 0 Å². The van der Waals surface area contributed by atoms with E-state index in [0.717, 1.165) is 56.1 Å². The van der Waals surface area contributed by atoms with Crippen molar-refractivity contribution < 1.29 is 0 Å². The van der Waals surface area contributed by atoms with Crippen molar-refractivity contribution in [1.29, 1.82) is 0 Å². The maximum Gasteiger partial charge on any atom is 0.250 e. The van der Waals surface area contributed by atoms with Crippen LogP contribution in [-0.2, 0) is 6.42 Å². The number of piperidine rings is 1. The molecule has 0 bridgehead atoms. The minimum atomic E-state index is -0.0864. The normalized spacial score (nSPS) is 18.2. The van der Waals surface area contributed by atoms with Gasteiger partial charge in [-0.1, -0.05) is 13.3 Å². The zero-order chi connectivity index (χ0) is 16.2. The van der Waals surface area contributed by atoms with E-state index in [9.17, 15) is 4.79 Å². The van der Waals surface area contributed by atoms with Gasteiger partial charge in [0.1, 0.15) is 11.6 Å². The van der Waals surface area contributed by atoms with E-state index < -0.39 is 0 Å². The van der Waals surface area contributed by atoms with Crippen molar-refractivity contribution in [3.8, 4) is 0 Å². The molecule has 3 heterocycles. The van der Waals surface area contributed by atoms with Crippen LogP contribution >= 0.6 is 0 Å². The van der Waals surface area contributed by atoms with E-state index in [2.05, 4.69) is 31.8 Å². The molecular formula is C17H23N5O. The molecule has 1 atom stereocenters. The summed E-state index contributed by atoms with van der Waals surface area (Å²) in [6.07, 6.45) is 7.64. The number of rotatable bonds is 4.